The maximum atomic E-state index is 12.8. The van der Waals surface area contributed by atoms with Gasteiger partial charge in [-0.25, -0.2) is 4.79 Å². The zero-order valence-electron chi connectivity index (χ0n) is 14.7. The Labute approximate surface area is 149 Å². The smallest absolute Gasteiger partial charge is 0.410 e. The van der Waals surface area contributed by atoms with Crippen LogP contribution in [0.2, 0.25) is 0 Å². The maximum Gasteiger partial charge on any atom is 0.410 e. The number of rotatable bonds is 6. The summed E-state index contributed by atoms with van der Waals surface area (Å²) in [7, 11) is 0. The van der Waals surface area contributed by atoms with E-state index < -0.39 is 11.4 Å². The van der Waals surface area contributed by atoms with Crippen molar-refractivity contribution in [1.29, 1.82) is 0 Å². The number of amides is 1. The van der Waals surface area contributed by atoms with Crippen molar-refractivity contribution in [2.75, 3.05) is 6.54 Å². The maximum absolute atomic E-state index is 12.8. The van der Waals surface area contributed by atoms with Gasteiger partial charge in [-0.05, 0) is 31.2 Å². The molecule has 2 aliphatic carbocycles. The minimum absolute atomic E-state index is 0.105. The second-order valence-corrected chi connectivity index (χ2v) is 7.40. The third kappa shape index (κ3) is 4.14. The first-order valence-electron chi connectivity index (χ1n) is 9.31. The number of ether oxygens (including phenoxy) is 1. The summed E-state index contributed by atoms with van der Waals surface area (Å²) in [6, 6.07) is 9.69. The third-order valence-electron chi connectivity index (χ3n) is 5.69. The van der Waals surface area contributed by atoms with E-state index in [1.54, 1.807) is 4.90 Å². The van der Waals surface area contributed by atoms with E-state index in [0.29, 0.717) is 12.8 Å². The van der Waals surface area contributed by atoms with Crippen LogP contribution in [0.1, 0.15) is 56.9 Å². The Morgan fingerprint density at radius 2 is 1.76 bits per heavy atom. The van der Waals surface area contributed by atoms with Crippen LogP contribution in [0, 0.1) is 5.41 Å². The molecule has 5 nitrogen and oxygen atoms in total. The summed E-state index contributed by atoms with van der Waals surface area (Å²) < 4.78 is 5.53. The van der Waals surface area contributed by atoms with Crippen LogP contribution in [0.15, 0.2) is 30.3 Å². The van der Waals surface area contributed by atoms with Gasteiger partial charge in [0, 0.05) is 12.6 Å². The highest BCUT2D eigenvalue weighted by Crippen LogP contribution is 2.43. The molecule has 1 aromatic carbocycles. The number of carboxylic acid groups (broad SMARTS) is 1. The Kier molecular flexibility index (Phi) is 5.61. The van der Waals surface area contributed by atoms with E-state index in [2.05, 4.69) is 0 Å². The van der Waals surface area contributed by atoms with Gasteiger partial charge in [-0.15, -0.1) is 0 Å². The summed E-state index contributed by atoms with van der Waals surface area (Å²) in [6.07, 6.45) is 7.10. The Morgan fingerprint density at radius 1 is 1.08 bits per heavy atom. The van der Waals surface area contributed by atoms with Gasteiger partial charge in [0.1, 0.15) is 6.61 Å². The quantitative estimate of drug-likeness (QED) is 0.838. The fourth-order valence-electron chi connectivity index (χ4n) is 3.91. The van der Waals surface area contributed by atoms with Crippen LogP contribution in [0.4, 0.5) is 4.79 Å². The average molecular weight is 345 g/mol. The van der Waals surface area contributed by atoms with Crippen molar-refractivity contribution in [3.63, 3.8) is 0 Å². The van der Waals surface area contributed by atoms with Gasteiger partial charge in [0.2, 0.25) is 0 Å². The molecule has 1 N–H and O–H groups in total. The molecule has 3 rings (SSSR count). The molecule has 0 aliphatic heterocycles. The van der Waals surface area contributed by atoms with E-state index in [1.807, 2.05) is 30.3 Å². The lowest BCUT2D eigenvalue weighted by atomic mass is 9.68. The molecule has 0 radical (unpaired) electrons. The first-order chi connectivity index (χ1) is 12.1. The number of benzene rings is 1. The zero-order chi connectivity index (χ0) is 17.7. The molecule has 25 heavy (non-hydrogen) atoms. The van der Waals surface area contributed by atoms with Gasteiger partial charge < -0.3 is 14.7 Å². The fraction of sp³-hybridized carbons (Fsp3) is 0.600. The van der Waals surface area contributed by atoms with Crippen LogP contribution in [-0.4, -0.2) is 34.7 Å². The van der Waals surface area contributed by atoms with Crippen molar-refractivity contribution in [3.05, 3.63) is 35.9 Å². The second-order valence-electron chi connectivity index (χ2n) is 7.40. The lowest BCUT2D eigenvalue weighted by Gasteiger charge is -2.44. The summed E-state index contributed by atoms with van der Waals surface area (Å²) in [5.74, 6) is -0.782. The van der Waals surface area contributed by atoms with Crippen molar-refractivity contribution in [2.45, 2.75) is 64.0 Å². The summed E-state index contributed by atoms with van der Waals surface area (Å²) in [5.41, 5.74) is 0.166. The predicted octanol–water partition coefficient (Wildman–Crippen LogP) is 4.21. The van der Waals surface area contributed by atoms with Gasteiger partial charge in [0.15, 0.2) is 0 Å². The SMILES string of the molecule is O=C(OCc1ccccc1)N(CC1(C(=O)O)CCC1)C1CCCCC1. The van der Waals surface area contributed by atoms with Crippen LogP contribution in [0.3, 0.4) is 0 Å². The largest absolute Gasteiger partial charge is 0.481 e. The monoisotopic (exact) mass is 345 g/mol. The molecule has 0 saturated heterocycles. The highest BCUT2D eigenvalue weighted by Gasteiger charge is 2.47. The standard InChI is InChI=1S/C20H27NO4/c22-18(23)20(12-7-13-20)15-21(17-10-5-2-6-11-17)19(24)25-14-16-8-3-1-4-9-16/h1,3-4,8-9,17H,2,5-7,10-15H2,(H,22,23). The Hall–Kier alpha value is -2.04. The molecule has 1 aromatic rings. The number of nitrogens with zero attached hydrogens (tertiary/aromatic N) is 1. The van der Waals surface area contributed by atoms with Gasteiger partial charge in [-0.3, -0.25) is 4.79 Å². The molecular weight excluding hydrogens is 318 g/mol. The number of hydrogen-bond donors (Lipinski definition) is 1. The van der Waals surface area contributed by atoms with Crippen LogP contribution < -0.4 is 0 Å². The van der Waals surface area contributed by atoms with Crippen LogP contribution in [-0.2, 0) is 16.1 Å². The highest BCUT2D eigenvalue weighted by molar-refractivity contribution is 5.77. The average Bonchev–Trinajstić information content (AvgIpc) is 2.60. The van der Waals surface area contributed by atoms with Gasteiger partial charge in [0.25, 0.3) is 0 Å². The second kappa shape index (κ2) is 7.89. The van der Waals surface area contributed by atoms with Crippen molar-refractivity contribution in [1.82, 2.24) is 4.90 Å². The summed E-state index contributed by atoms with van der Waals surface area (Å²) in [4.78, 5) is 26.2. The molecular formula is C20H27NO4. The fourth-order valence-corrected chi connectivity index (χ4v) is 3.91. The van der Waals surface area contributed by atoms with Gasteiger partial charge in [0.05, 0.1) is 5.41 Å². The number of hydrogen-bond acceptors (Lipinski definition) is 3. The van der Waals surface area contributed by atoms with Crippen LogP contribution in [0.5, 0.6) is 0 Å². The van der Waals surface area contributed by atoms with E-state index in [4.69, 9.17) is 4.74 Å². The number of carbonyl (C=O) groups is 2. The molecule has 0 heterocycles. The minimum atomic E-state index is -0.782. The van der Waals surface area contributed by atoms with Crippen molar-refractivity contribution >= 4 is 12.1 Å². The topological polar surface area (TPSA) is 66.8 Å². The first kappa shape index (κ1) is 17.8. The summed E-state index contributed by atoms with van der Waals surface area (Å²) >= 11 is 0. The molecule has 2 aliphatic rings. The molecule has 136 valence electrons. The van der Waals surface area contributed by atoms with Gasteiger partial charge >= 0.3 is 12.1 Å². The molecule has 2 saturated carbocycles. The van der Waals surface area contributed by atoms with E-state index in [0.717, 1.165) is 37.7 Å². The van der Waals surface area contributed by atoms with Gasteiger partial charge in [-0.2, -0.15) is 0 Å². The van der Waals surface area contributed by atoms with E-state index >= 15 is 0 Å². The van der Waals surface area contributed by atoms with Crippen molar-refractivity contribution in [2.24, 2.45) is 5.41 Å². The summed E-state index contributed by atoms with van der Waals surface area (Å²) in [6.45, 7) is 0.504. The molecule has 0 aromatic heterocycles. The van der Waals surface area contributed by atoms with E-state index in [9.17, 15) is 14.7 Å². The number of carbonyl (C=O) groups excluding carboxylic acids is 1. The molecule has 0 spiro atoms. The predicted molar refractivity (Wildman–Crippen MR) is 94.1 cm³/mol. The molecule has 0 bridgehead atoms. The minimum Gasteiger partial charge on any atom is -0.481 e. The first-order valence-corrected chi connectivity index (χ1v) is 9.31. The van der Waals surface area contributed by atoms with E-state index in [-0.39, 0.29) is 25.3 Å². The molecule has 5 heteroatoms. The lowest BCUT2D eigenvalue weighted by molar-refractivity contribution is -0.156. The third-order valence-corrected chi connectivity index (χ3v) is 5.69. The Morgan fingerprint density at radius 3 is 2.32 bits per heavy atom. The molecule has 0 atom stereocenters. The molecule has 1 amide bonds. The number of aliphatic carboxylic acids is 1. The van der Waals surface area contributed by atoms with Crippen LogP contribution >= 0.6 is 0 Å². The Bertz CT molecular complexity index is 591. The molecule has 2 fully saturated rings. The molecule has 0 unspecified atom stereocenters. The van der Waals surface area contributed by atoms with E-state index in [1.165, 1.54) is 6.42 Å². The van der Waals surface area contributed by atoms with Gasteiger partial charge in [-0.1, -0.05) is 56.0 Å². The van der Waals surface area contributed by atoms with Crippen molar-refractivity contribution < 1.29 is 19.4 Å². The van der Waals surface area contributed by atoms with Crippen molar-refractivity contribution in [3.8, 4) is 0 Å². The van der Waals surface area contributed by atoms with Crippen LogP contribution in [0.25, 0.3) is 0 Å². The highest BCUT2D eigenvalue weighted by atomic mass is 16.6. The number of carboxylic acids is 1. The lowest BCUT2D eigenvalue weighted by Crippen LogP contribution is -2.53. The Balaban J connectivity index is 1.68. The normalized spacial score (nSPS) is 19.7. The zero-order valence-corrected chi connectivity index (χ0v) is 14.7. The summed E-state index contributed by atoms with van der Waals surface area (Å²) in [5, 5.41) is 9.64.